The zero-order valence-corrected chi connectivity index (χ0v) is 10.2. The molecule has 0 spiro atoms. The summed E-state index contributed by atoms with van der Waals surface area (Å²) in [5, 5.41) is 0. The van der Waals surface area contributed by atoms with Crippen LogP contribution in [0.3, 0.4) is 0 Å². The van der Waals surface area contributed by atoms with Gasteiger partial charge in [0, 0.05) is 4.47 Å². The number of methoxy groups -OCH3 is 2. The second-order valence-corrected chi connectivity index (χ2v) is 3.84. The molecule has 0 fully saturated rings. The fourth-order valence-electron chi connectivity index (χ4n) is 1.24. The topological polar surface area (TPSA) is 44.5 Å². The maximum atomic E-state index is 12.5. The number of benzene rings is 1. The second-order valence-electron chi connectivity index (χ2n) is 2.99. The van der Waals surface area contributed by atoms with Crippen LogP contribution in [0.2, 0.25) is 0 Å². The first-order valence-electron chi connectivity index (χ1n) is 4.37. The van der Waals surface area contributed by atoms with Crippen molar-refractivity contribution in [1.82, 2.24) is 0 Å². The van der Waals surface area contributed by atoms with E-state index in [1.54, 1.807) is 19.2 Å². The normalized spacial score (nSPS) is 12.3. The standard InChI is InChI=1S/C10H13BrFNO2/c1-14-9-3-6(8(13)5-12)7(11)4-10(9)15-2/h3-4,8H,5,13H2,1-2H3/t8-/m1/s1. The van der Waals surface area contributed by atoms with E-state index in [1.165, 1.54) is 7.11 Å². The van der Waals surface area contributed by atoms with Gasteiger partial charge in [0.1, 0.15) is 6.67 Å². The Morgan fingerprint density at radius 1 is 1.33 bits per heavy atom. The molecule has 0 bridgehead atoms. The average molecular weight is 278 g/mol. The van der Waals surface area contributed by atoms with Gasteiger partial charge in [-0.3, -0.25) is 0 Å². The van der Waals surface area contributed by atoms with E-state index >= 15 is 0 Å². The molecule has 1 aromatic rings. The van der Waals surface area contributed by atoms with E-state index < -0.39 is 12.7 Å². The molecule has 0 aliphatic heterocycles. The molecule has 0 radical (unpaired) electrons. The van der Waals surface area contributed by atoms with E-state index in [2.05, 4.69) is 15.9 Å². The molecule has 0 heterocycles. The fourth-order valence-corrected chi connectivity index (χ4v) is 1.85. The lowest BCUT2D eigenvalue weighted by atomic mass is 10.1. The van der Waals surface area contributed by atoms with Crippen LogP contribution < -0.4 is 15.2 Å². The van der Waals surface area contributed by atoms with E-state index in [9.17, 15) is 4.39 Å². The average Bonchev–Trinajstić information content (AvgIpc) is 2.27. The minimum absolute atomic E-state index is 0.541. The first-order valence-corrected chi connectivity index (χ1v) is 5.16. The Bertz CT molecular complexity index is 346. The van der Waals surface area contributed by atoms with E-state index in [0.717, 1.165) is 0 Å². The summed E-state index contributed by atoms with van der Waals surface area (Å²) in [6.45, 7) is -0.617. The molecule has 1 atom stereocenters. The molecule has 15 heavy (non-hydrogen) atoms. The van der Waals surface area contributed by atoms with Gasteiger partial charge in [-0.15, -0.1) is 0 Å². The summed E-state index contributed by atoms with van der Waals surface area (Å²) in [6, 6.07) is 2.73. The van der Waals surface area contributed by atoms with Crippen molar-refractivity contribution in [2.75, 3.05) is 20.9 Å². The molecule has 0 aliphatic carbocycles. The number of hydrogen-bond donors (Lipinski definition) is 1. The predicted octanol–water partition coefficient (Wildman–Crippen LogP) is 2.44. The molecule has 0 aromatic heterocycles. The van der Waals surface area contributed by atoms with Crippen LogP contribution in [-0.2, 0) is 0 Å². The fraction of sp³-hybridized carbons (Fsp3) is 0.400. The van der Waals surface area contributed by atoms with Gasteiger partial charge >= 0.3 is 0 Å². The van der Waals surface area contributed by atoms with Gasteiger partial charge in [-0.1, -0.05) is 15.9 Å². The van der Waals surface area contributed by atoms with Gasteiger partial charge in [-0.25, -0.2) is 4.39 Å². The van der Waals surface area contributed by atoms with Crippen LogP contribution in [0.15, 0.2) is 16.6 Å². The molecular formula is C10H13BrFNO2. The third-order valence-corrected chi connectivity index (χ3v) is 2.76. The minimum atomic E-state index is -0.654. The molecule has 0 saturated carbocycles. The first kappa shape index (κ1) is 12.3. The van der Waals surface area contributed by atoms with Crippen molar-refractivity contribution in [1.29, 1.82) is 0 Å². The zero-order valence-electron chi connectivity index (χ0n) is 8.59. The molecule has 1 aromatic carbocycles. The Morgan fingerprint density at radius 3 is 2.33 bits per heavy atom. The minimum Gasteiger partial charge on any atom is -0.493 e. The third-order valence-electron chi connectivity index (χ3n) is 2.07. The van der Waals surface area contributed by atoms with Crippen molar-refractivity contribution < 1.29 is 13.9 Å². The maximum Gasteiger partial charge on any atom is 0.161 e. The van der Waals surface area contributed by atoms with Crippen LogP contribution in [-0.4, -0.2) is 20.9 Å². The van der Waals surface area contributed by atoms with Gasteiger partial charge in [-0.05, 0) is 17.7 Å². The number of ether oxygens (including phenoxy) is 2. The number of rotatable bonds is 4. The van der Waals surface area contributed by atoms with E-state index in [-0.39, 0.29) is 0 Å². The number of halogens is 2. The van der Waals surface area contributed by atoms with Crippen molar-refractivity contribution in [2.24, 2.45) is 5.73 Å². The van der Waals surface area contributed by atoms with Crippen molar-refractivity contribution >= 4 is 15.9 Å². The van der Waals surface area contributed by atoms with Crippen LogP contribution >= 0.6 is 15.9 Å². The van der Waals surface area contributed by atoms with Gasteiger partial charge in [0.2, 0.25) is 0 Å². The zero-order chi connectivity index (χ0) is 11.4. The SMILES string of the molecule is COc1cc(Br)c([C@H](N)CF)cc1OC. The molecule has 1 rings (SSSR count). The number of alkyl halides is 1. The molecule has 0 unspecified atom stereocenters. The number of hydrogen-bond acceptors (Lipinski definition) is 3. The van der Waals surface area contributed by atoms with Gasteiger partial charge in [0.15, 0.2) is 11.5 Å². The summed E-state index contributed by atoms with van der Waals surface area (Å²) in [5.41, 5.74) is 6.27. The lowest BCUT2D eigenvalue weighted by Crippen LogP contribution is -2.13. The molecule has 2 N–H and O–H groups in total. The second kappa shape index (κ2) is 5.32. The maximum absolute atomic E-state index is 12.5. The molecule has 0 amide bonds. The smallest absolute Gasteiger partial charge is 0.161 e. The molecule has 0 aliphatic rings. The largest absolute Gasteiger partial charge is 0.493 e. The molecule has 3 nitrogen and oxygen atoms in total. The van der Waals surface area contributed by atoms with Crippen molar-refractivity contribution in [2.45, 2.75) is 6.04 Å². The highest BCUT2D eigenvalue weighted by atomic mass is 79.9. The first-order chi connectivity index (χ1) is 7.13. The molecule has 0 saturated heterocycles. The monoisotopic (exact) mass is 277 g/mol. The molecular weight excluding hydrogens is 265 g/mol. The summed E-state index contributed by atoms with van der Waals surface area (Å²) < 4.78 is 23.4. The Morgan fingerprint density at radius 2 is 1.87 bits per heavy atom. The van der Waals surface area contributed by atoms with Crippen molar-refractivity contribution in [3.05, 3.63) is 22.2 Å². The van der Waals surface area contributed by atoms with E-state index in [1.807, 2.05) is 0 Å². The van der Waals surface area contributed by atoms with Gasteiger partial charge in [-0.2, -0.15) is 0 Å². The summed E-state index contributed by atoms with van der Waals surface area (Å²) in [4.78, 5) is 0. The lowest BCUT2D eigenvalue weighted by molar-refractivity contribution is 0.353. The summed E-state index contributed by atoms with van der Waals surface area (Å²) in [6.07, 6.45) is 0. The van der Waals surface area contributed by atoms with Crippen LogP contribution in [0.5, 0.6) is 11.5 Å². The van der Waals surface area contributed by atoms with E-state index in [0.29, 0.717) is 21.5 Å². The highest BCUT2D eigenvalue weighted by molar-refractivity contribution is 9.10. The van der Waals surface area contributed by atoms with Gasteiger partial charge in [0.25, 0.3) is 0 Å². The van der Waals surface area contributed by atoms with Crippen LogP contribution in [0.1, 0.15) is 11.6 Å². The predicted molar refractivity (Wildman–Crippen MR) is 60.1 cm³/mol. The number of nitrogens with two attached hydrogens (primary N) is 1. The summed E-state index contributed by atoms with van der Waals surface area (Å²) >= 11 is 3.31. The van der Waals surface area contributed by atoms with Gasteiger partial charge < -0.3 is 15.2 Å². The highest BCUT2D eigenvalue weighted by Crippen LogP contribution is 2.35. The summed E-state index contributed by atoms with van der Waals surface area (Å²) in [7, 11) is 3.07. The lowest BCUT2D eigenvalue weighted by Gasteiger charge is -2.14. The third kappa shape index (κ3) is 2.60. The summed E-state index contributed by atoms with van der Waals surface area (Å²) in [5.74, 6) is 1.12. The van der Waals surface area contributed by atoms with Crippen molar-refractivity contribution in [3.63, 3.8) is 0 Å². The van der Waals surface area contributed by atoms with Crippen LogP contribution in [0.4, 0.5) is 4.39 Å². The van der Waals surface area contributed by atoms with Crippen LogP contribution in [0, 0.1) is 0 Å². The molecule has 84 valence electrons. The Hall–Kier alpha value is -0.810. The van der Waals surface area contributed by atoms with Crippen LogP contribution in [0.25, 0.3) is 0 Å². The van der Waals surface area contributed by atoms with E-state index in [4.69, 9.17) is 15.2 Å². The Labute approximate surface area is 96.5 Å². The Kier molecular flexibility index (Phi) is 4.35. The van der Waals surface area contributed by atoms with Gasteiger partial charge in [0.05, 0.1) is 20.3 Å². The Balaban J connectivity index is 3.19. The highest BCUT2D eigenvalue weighted by Gasteiger charge is 2.14. The molecule has 5 heteroatoms. The quantitative estimate of drug-likeness (QED) is 0.920. The van der Waals surface area contributed by atoms with Crippen molar-refractivity contribution in [3.8, 4) is 11.5 Å².